The number of urea groups is 1. The molecule has 0 unspecified atom stereocenters. The Balaban J connectivity index is 1.79. The quantitative estimate of drug-likeness (QED) is 0.705. The zero-order chi connectivity index (χ0) is 21.9. The fraction of sp³-hybridized carbons (Fsp3) is 0.286. The Bertz CT molecular complexity index is 987. The van der Waals surface area contributed by atoms with Crippen molar-refractivity contribution < 1.29 is 23.5 Å². The second kappa shape index (κ2) is 8.40. The van der Waals surface area contributed by atoms with Crippen molar-refractivity contribution in [1.29, 1.82) is 0 Å². The van der Waals surface area contributed by atoms with E-state index < -0.39 is 23.4 Å². The summed E-state index contributed by atoms with van der Waals surface area (Å²) >= 11 is 0. The maximum Gasteiger partial charge on any atom is 0.412 e. The molecule has 2 aromatic rings. The van der Waals surface area contributed by atoms with Crippen LogP contribution in [0.1, 0.15) is 31.1 Å². The van der Waals surface area contributed by atoms with Gasteiger partial charge in [-0.1, -0.05) is 6.07 Å². The van der Waals surface area contributed by atoms with E-state index in [9.17, 15) is 18.8 Å². The number of hydrogen-bond donors (Lipinski definition) is 3. The van der Waals surface area contributed by atoms with Crippen molar-refractivity contribution in [2.45, 2.75) is 26.4 Å². The van der Waals surface area contributed by atoms with E-state index in [2.05, 4.69) is 16.0 Å². The summed E-state index contributed by atoms with van der Waals surface area (Å²) in [6, 6.07) is 9.88. The van der Waals surface area contributed by atoms with Crippen molar-refractivity contribution >= 4 is 35.1 Å². The fourth-order valence-electron chi connectivity index (χ4n) is 2.87. The van der Waals surface area contributed by atoms with Crippen LogP contribution in [0.4, 0.5) is 31.0 Å². The molecule has 9 heteroatoms. The van der Waals surface area contributed by atoms with Gasteiger partial charge in [-0.05, 0) is 57.2 Å². The van der Waals surface area contributed by atoms with Crippen LogP contribution in [-0.4, -0.2) is 36.7 Å². The van der Waals surface area contributed by atoms with Crippen LogP contribution in [0.3, 0.4) is 0 Å². The number of carbonyl (C=O) groups excluding carboxylic acids is 3. The van der Waals surface area contributed by atoms with Crippen molar-refractivity contribution in [2.75, 3.05) is 28.6 Å². The van der Waals surface area contributed by atoms with Crippen LogP contribution in [0, 0.1) is 5.82 Å². The lowest BCUT2D eigenvalue weighted by molar-refractivity contribution is 0.0635. The third-order valence-electron chi connectivity index (χ3n) is 4.14. The van der Waals surface area contributed by atoms with Gasteiger partial charge in [0.25, 0.3) is 5.91 Å². The van der Waals surface area contributed by atoms with Gasteiger partial charge in [0.05, 0.1) is 11.4 Å². The molecule has 1 fully saturated rings. The van der Waals surface area contributed by atoms with Crippen molar-refractivity contribution in [3.05, 3.63) is 53.8 Å². The molecule has 1 heterocycles. The molecule has 3 rings (SSSR count). The Kier molecular flexibility index (Phi) is 5.91. The molecule has 8 nitrogen and oxygen atoms in total. The summed E-state index contributed by atoms with van der Waals surface area (Å²) in [5.74, 6) is -1.10. The maximum absolute atomic E-state index is 13.8. The summed E-state index contributed by atoms with van der Waals surface area (Å²) in [5.41, 5.74) is 0.406. The third kappa shape index (κ3) is 5.25. The third-order valence-corrected chi connectivity index (χ3v) is 4.14. The summed E-state index contributed by atoms with van der Waals surface area (Å²) in [5, 5.41) is 7.80. The van der Waals surface area contributed by atoms with Gasteiger partial charge in [-0.3, -0.25) is 15.0 Å². The highest BCUT2D eigenvalue weighted by molar-refractivity contribution is 6.08. The molecular formula is C21H23FN4O4. The normalized spacial score (nSPS) is 13.6. The Hall–Kier alpha value is -3.62. The standard InChI is InChI=1S/C21H23FN4O4/c1-21(2,3)30-20(29)25-16-8-7-14(22)12-17(16)24-18(27)13-5-4-6-15(11-13)26-10-9-23-19(26)28/h4-8,11-12H,9-10H2,1-3H3,(H,23,28)(H,24,27)(H,25,29). The van der Waals surface area contributed by atoms with E-state index in [-0.39, 0.29) is 23.0 Å². The molecule has 30 heavy (non-hydrogen) atoms. The van der Waals surface area contributed by atoms with Gasteiger partial charge in [-0.25, -0.2) is 14.0 Å². The minimum atomic E-state index is -0.730. The summed E-state index contributed by atoms with van der Waals surface area (Å²) in [7, 11) is 0. The van der Waals surface area contributed by atoms with Crippen LogP contribution in [-0.2, 0) is 4.74 Å². The lowest BCUT2D eigenvalue weighted by Gasteiger charge is -2.20. The fourth-order valence-corrected chi connectivity index (χ4v) is 2.87. The minimum Gasteiger partial charge on any atom is -0.444 e. The lowest BCUT2D eigenvalue weighted by atomic mass is 10.1. The van der Waals surface area contributed by atoms with Crippen LogP contribution >= 0.6 is 0 Å². The molecule has 0 saturated carbocycles. The van der Waals surface area contributed by atoms with Gasteiger partial charge in [0.2, 0.25) is 0 Å². The average molecular weight is 414 g/mol. The number of nitrogens with zero attached hydrogens (tertiary/aromatic N) is 1. The van der Waals surface area contributed by atoms with Crippen molar-refractivity contribution in [3.8, 4) is 0 Å². The highest BCUT2D eigenvalue weighted by Gasteiger charge is 2.22. The first-order chi connectivity index (χ1) is 14.1. The number of nitrogens with one attached hydrogen (secondary N) is 3. The first-order valence-corrected chi connectivity index (χ1v) is 9.39. The smallest absolute Gasteiger partial charge is 0.412 e. The molecule has 0 aliphatic carbocycles. The summed E-state index contributed by atoms with van der Waals surface area (Å²) in [6.07, 6.45) is -0.730. The Labute approximate surface area is 173 Å². The van der Waals surface area contributed by atoms with Gasteiger partial charge in [0, 0.05) is 24.3 Å². The molecule has 1 aliphatic heterocycles. The predicted molar refractivity (Wildman–Crippen MR) is 111 cm³/mol. The van der Waals surface area contributed by atoms with E-state index in [4.69, 9.17) is 4.74 Å². The molecule has 1 saturated heterocycles. The molecule has 1 aliphatic rings. The maximum atomic E-state index is 13.8. The Morgan fingerprint density at radius 3 is 2.53 bits per heavy atom. The number of amides is 4. The first-order valence-electron chi connectivity index (χ1n) is 9.39. The molecule has 4 amide bonds. The number of carbonyl (C=O) groups is 3. The van der Waals surface area contributed by atoms with Gasteiger partial charge >= 0.3 is 12.1 Å². The first kappa shape index (κ1) is 21.1. The molecule has 0 atom stereocenters. The van der Waals surface area contributed by atoms with Gasteiger partial charge in [-0.15, -0.1) is 0 Å². The Morgan fingerprint density at radius 2 is 1.87 bits per heavy atom. The van der Waals surface area contributed by atoms with Crippen LogP contribution in [0.15, 0.2) is 42.5 Å². The summed E-state index contributed by atoms with van der Waals surface area (Å²) in [4.78, 5) is 38.2. The molecule has 3 N–H and O–H groups in total. The molecule has 0 aromatic heterocycles. The largest absolute Gasteiger partial charge is 0.444 e. The van der Waals surface area contributed by atoms with E-state index in [1.165, 1.54) is 11.0 Å². The van der Waals surface area contributed by atoms with Gasteiger partial charge in [0.1, 0.15) is 11.4 Å². The average Bonchev–Trinajstić information content (AvgIpc) is 3.08. The lowest BCUT2D eigenvalue weighted by Crippen LogP contribution is -2.28. The van der Waals surface area contributed by atoms with E-state index in [0.29, 0.717) is 18.8 Å². The van der Waals surface area contributed by atoms with Crippen molar-refractivity contribution in [2.24, 2.45) is 0 Å². The molecule has 0 radical (unpaired) electrons. The topological polar surface area (TPSA) is 99.8 Å². The zero-order valence-electron chi connectivity index (χ0n) is 16.9. The molecule has 0 spiro atoms. The number of rotatable bonds is 4. The van der Waals surface area contributed by atoms with E-state index in [1.807, 2.05) is 0 Å². The number of anilines is 3. The van der Waals surface area contributed by atoms with Crippen molar-refractivity contribution in [1.82, 2.24) is 5.32 Å². The SMILES string of the molecule is CC(C)(C)OC(=O)Nc1ccc(F)cc1NC(=O)c1cccc(N2CCNC2=O)c1. The van der Waals surface area contributed by atoms with E-state index >= 15 is 0 Å². The second-order valence-electron chi connectivity index (χ2n) is 7.70. The summed E-state index contributed by atoms with van der Waals surface area (Å²) < 4.78 is 19.0. The van der Waals surface area contributed by atoms with Crippen molar-refractivity contribution in [3.63, 3.8) is 0 Å². The number of halogens is 1. The van der Waals surface area contributed by atoms with E-state index in [0.717, 1.165) is 12.1 Å². The second-order valence-corrected chi connectivity index (χ2v) is 7.70. The number of ether oxygens (including phenoxy) is 1. The number of benzene rings is 2. The highest BCUT2D eigenvalue weighted by atomic mass is 19.1. The molecule has 2 aromatic carbocycles. The summed E-state index contributed by atoms with van der Waals surface area (Å²) in [6.45, 7) is 6.17. The van der Waals surface area contributed by atoms with E-state index in [1.54, 1.807) is 45.0 Å². The van der Waals surface area contributed by atoms with Crippen LogP contribution < -0.4 is 20.9 Å². The van der Waals surface area contributed by atoms with Crippen LogP contribution in [0.5, 0.6) is 0 Å². The van der Waals surface area contributed by atoms with Crippen LogP contribution in [0.25, 0.3) is 0 Å². The van der Waals surface area contributed by atoms with Gasteiger partial charge < -0.3 is 15.4 Å². The van der Waals surface area contributed by atoms with Gasteiger partial charge in [-0.2, -0.15) is 0 Å². The minimum absolute atomic E-state index is 0.0789. The predicted octanol–water partition coefficient (Wildman–Crippen LogP) is 3.95. The highest BCUT2D eigenvalue weighted by Crippen LogP contribution is 2.25. The molecule has 158 valence electrons. The monoisotopic (exact) mass is 414 g/mol. The van der Waals surface area contributed by atoms with Gasteiger partial charge in [0.15, 0.2) is 0 Å². The number of hydrogen-bond acceptors (Lipinski definition) is 4. The molecular weight excluding hydrogens is 391 g/mol. The zero-order valence-corrected chi connectivity index (χ0v) is 16.9. The Morgan fingerprint density at radius 1 is 1.10 bits per heavy atom. The molecule has 0 bridgehead atoms. The van der Waals surface area contributed by atoms with Crippen LogP contribution in [0.2, 0.25) is 0 Å².